The van der Waals surface area contributed by atoms with E-state index in [1.54, 1.807) is 25.1 Å². The molecule has 2 aromatic carbocycles. The average Bonchev–Trinajstić information content (AvgIpc) is 3.07. The molecule has 12 heteroatoms. The van der Waals surface area contributed by atoms with Crippen LogP contribution in [0.2, 0.25) is 0 Å². The minimum Gasteiger partial charge on any atom is -0.262 e. The fourth-order valence-electron chi connectivity index (χ4n) is 2.25. The van der Waals surface area contributed by atoms with Crippen molar-refractivity contribution < 1.29 is 13.3 Å². The van der Waals surface area contributed by atoms with E-state index in [1.807, 2.05) is 6.92 Å². The lowest BCUT2D eigenvalue weighted by Crippen LogP contribution is -2.18. The largest absolute Gasteiger partial charge is 0.283 e. The Hall–Kier alpha value is -3.25. The van der Waals surface area contributed by atoms with Gasteiger partial charge in [-0.3, -0.25) is 15.2 Å². The first-order valence-corrected chi connectivity index (χ1v) is 10.5. The molecule has 29 heavy (non-hydrogen) atoms. The molecular weight excluding hydrogens is 416 g/mol. The number of rotatable bonds is 7. The van der Waals surface area contributed by atoms with E-state index < -0.39 is 14.9 Å². The molecule has 1 heterocycles. The molecule has 0 amide bonds. The van der Waals surface area contributed by atoms with Crippen LogP contribution >= 0.6 is 11.8 Å². The van der Waals surface area contributed by atoms with Gasteiger partial charge in [-0.15, -0.1) is 5.10 Å². The van der Waals surface area contributed by atoms with Crippen molar-refractivity contribution in [2.24, 2.45) is 5.10 Å². The number of hydrogen-bond donors (Lipinski definition) is 2. The van der Waals surface area contributed by atoms with Crippen molar-refractivity contribution in [1.29, 1.82) is 0 Å². The van der Waals surface area contributed by atoms with Gasteiger partial charge in [0, 0.05) is 11.6 Å². The van der Waals surface area contributed by atoms with Crippen LogP contribution in [0, 0.1) is 24.0 Å². The maximum atomic E-state index is 12.2. The Kier molecular flexibility index (Phi) is 5.94. The smallest absolute Gasteiger partial charge is 0.262 e. The topological polar surface area (TPSA) is 143 Å². The van der Waals surface area contributed by atoms with E-state index in [0.29, 0.717) is 21.4 Å². The van der Waals surface area contributed by atoms with Gasteiger partial charge in [-0.05, 0) is 43.8 Å². The van der Waals surface area contributed by atoms with Crippen LogP contribution in [0.1, 0.15) is 17.0 Å². The third-order valence-electron chi connectivity index (χ3n) is 3.68. The lowest BCUT2D eigenvalue weighted by atomic mass is 10.2. The van der Waals surface area contributed by atoms with Crippen LogP contribution in [0.15, 0.2) is 62.5 Å². The Morgan fingerprint density at radius 2 is 1.93 bits per heavy atom. The Bertz CT molecular complexity index is 1170. The summed E-state index contributed by atoms with van der Waals surface area (Å²) in [5, 5.41) is 22.1. The summed E-state index contributed by atoms with van der Waals surface area (Å²) in [4.78, 5) is 17.5. The fraction of sp³-hybridized carbons (Fsp3) is 0.118. The molecule has 0 atom stereocenters. The van der Waals surface area contributed by atoms with E-state index in [9.17, 15) is 18.5 Å². The van der Waals surface area contributed by atoms with Crippen molar-refractivity contribution in [2.75, 3.05) is 0 Å². The summed E-state index contributed by atoms with van der Waals surface area (Å²) in [6.45, 7) is 3.57. The molecule has 0 fully saturated rings. The van der Waals surface area contributed by atoms with E-state index in [-0.39, 0.29) is 10.6 Å². The summed E-state index contributed by atoms with van der Waals surface area (Å²) in [5.41, 5.74) is 1.12. The van der Waals surface area contributed by atoms with Crippen molar-refractivity contribution in [3.8, 4) is 0 Å². The Morgan fingerprint density at radius 3 is 2.55 bits per heavy atom. The quantitative estimate of drug-likeness (QED) is 0.332. The van der Waals surface area contributed by atoms with Gasteiger partial charge in [0.2, 0.25) is 5.16 Å². The Balaban J connectivity index is 1.77. The summed E-state index contributed by atoms with van der Waals surface area (Å²) < 4.78 is 24.4. The molecular formula is C17H16N6O4S2. The molecule has 0 aliphatic carbocycles. The van der Waals surface area contributed by atoms with Gasteiger partial charge in [0.1, 0.15) is 5.82 Å². The molecule has 0 radical (unpaired) electrons. The molecule has 0 aliphatic heterocycles. The second-order valence-electron chi connectivity index (χ2n) is 5.96. The Labute approximate surface area is 170 Å². The number of nitro benzene ring substituents is 1. The van der Waals surface area contributed by atoms with Crippen molar-refractivity contribution in [2.45, 2.75) is 28.8 Å². The highest BCUT2D eigenvalue weighted by atomic mass is 32.2. The average molecular weight is 432 g/mol. The molecule has 3 rings (SSSR count). The van der Waals surface area contributed by atoms with Crippen LogP contribution < -0.4 is 4.83 Å². The highest BCUT2D eigenvalue weighted by Crippen LogP contribution is 2.33. The van der Waals surface area contributed by atoms with Gasteiger partial charge in [0.05, 0.1) is 20.9 Å². The number of aryl methyl sites for hydroxylation is 2. The van der Waals surface area contributed by atoms with Crippen molar-refractivity contribution in [3.63, 3.8) is 0 Å². The molecule has 1 aromatic heterocycles. The van der Waals surface area contributed by atoms with Crippen LogP contribution in [0.25, 0.3) is 0 Å². The molecule has 0 saturated carbocycles. The van der Waals surface area contributed by atoms with Gasteiger partial charge in [-0.1, -0.05) is 23.8 Å². The third kappa shape index (κ3) is 5.18. The number of sulfonamides is 1. The number of nitrogens with one attached hydrogen (secondary N) is 2. The van der Waals surface area contributed by atoms with Gasteiger partial charge in [0.25, 0.3) is 15.7 Å². The number of nitrogens with zero attached hydrogens (tertiary/aromatic N) is 4. The molecule has 0 unspecified atom stereocenters. The van der Waals surface area contributed by atoms with Crippen LogP contribution in [0.4, 0.5) is 5.69 Å². The second-order valence-corrected chi connectivity index (χ2v) is 8.63. The SMILES string of the molecule is Cc1ccc(S(=O)(=O)N/N=C\c2ccc(Sc3n[nH]c(C)n3)c([N+](=O)[O-])c2)cc1. The molecule has 10 nitrogen and oxygen atoms in total. The van der Waals surface area contributed by atoms with Gasteiger partial charge in [0.15, 0.2) is 0 Å². The maximum absolute atomic E-state index is 12.2. The predicted molar refractivity (Wildman–Crippen MR) is 107 cm³/mol. The normalized spacial score (nSPS) is 11.7. The highest BCUT2D eigenvalue weighted by molar-refractivity contribution is 7.99. The summed E-state index contributed by atoms with van der Waals surface area (Å²) >= 11 is 1.05. The van der Waals surface area contributed by atoms with Crippen molar-refractivity contribution in [3.05, 3.63) is 69.5 Å². The number of hydrogen-bond acceptors (Lipinski definition) is 8. The standard InChI is InChI=1S/C17H16N6O4S2/c1-11-3-6-14(7-4-11)29(26,27)22-18-10-13-5-8-16(15(9-13)23(24)25)28-17-19-12(2)20-21-17/h3-10,22H,1-2H3,(H,19,20,21)/b18-10-. The fourth-order valence-corrected chi connectivity index (χ4v) is 3.89. The Morgan fingerprint density at radius 1 is 1.21 bits per heavy atom. The number of benzene rings is 2. The number of H-pyrrole nitrogens is 1. The predicted octanol–water partition coefficient (Wildman–Crippen LogP) is 2.79. The monoisotopic (exact) mass is 432 g/mol. The first kappa shape index (κ1) is 20.5. The molecule has 2 N–H and O–H groups in total. The van der Waals surface area contributed by atoms with Gasteiger partial charge >= 0.3 is 0 Å². The van der Waals surface area contributed by atoms with E-state index in [2.05, 4.69) is 25.1 Å². The molecule has 150 valence electrons. The third-order valence-corrected chi connectivity index (χ3v) is 5.84. The van der Waals surface area contributed by atoms with Gasteiger partial charge < -0.3 is 0 Å². The summed E-state index contributed by atoms with van der Waals surface area (Å²) in [6.07, 6.45) is 1.20. The minimum atomic E-state index is -3.83. The zero-order valence-corrected chi connectivity index (χ0v) is 17.0. The van der Waals surface area contributed by atoms with Gasteiger partial charge in [-0.2, -0.15) is 13.5 Å². The molecule has 0 aliphatic rings. The van der Waals surface area contributed by atoms with Crippen LogP contribution in [-0.2, 0) is 10.0 Å². The number of nitro groups is 1. The zero-order chi connectivity index (χ0) is 21.0. The van der Waals surface area contributed by atoms with E-state index in [4.69, 9.17) is 0 Å². The molecule has 0 spiro atoms. The number of hydrazone groups is 1. The van der Waals surface area contributed by atoms with Crippen LogP contribution in [0.3, 0.4) is 0 Å². The summed E-state index contributed by atoms with van der Waals surface area (Å²) in [6, 6.07) is 10.7. The zero-order valence-electron chi connectivity index (χ0n) is 15.4. The van der Waals surface area contributed by atoms with E-state index >= 15 is 0 Å². The van der Waals surface area contributed by atoms with Crippen LogP contribution in [-0.4, -0.2) is 34.7 Å². The number of aromatic nitrogens is 3. The molecule has 0 saturated heterocycles. The lowest BCUT2D eigenvalue weighted by Gasteiger charge is -2.04. The van der Waals surface area contributed by atoms with Gasteiger partial charge in [-0.25, -0.2) is 9.82 Å². The second kappa shape index (κ2) is 8.41. The van der Waals surface area contributed by atoms with Crippen molar-refractivity contribution >= 4 is 33.7 Å². The van der Waals surface area contributed by atoms with Crippen LogP contribution in [0.5, 0.6) is 0 Å². The van der Waals surface area contributed by atoms with E-state index in [0.717, 1.165) is 17.3 Å². The summed E-state index contributed by atoms with van der Waals surface area (Å²) in [5.74, 6) is 0.597. The first-order valence-electron chi connectivity index (χ1n) is 8.21. The first-order chi connectivity index (χ1) is 13.7. The molecule has 3 aromatic rings. The van der Waals surface area contributed by atoms with E-state index in [1.165, 1.54) is 30.5 Å². The van der Waals surface area contributed by atoms with Crippen molar-refractivity contribution in [1.82, 2.24) is 20.0 Å². The lowest BCUT2D eigenvalue weighted by molar-refractivity contribution is -0.387. The maximum Gasteiger partial charge on any atom is 0.283 e. The summed E-state index contributed by atoms with van der Waals surface area (Å²) in [7, 11) is -3.83. The molecule has 0 bridgehead atoms. The number of aromatic amines is 1. The highest BCUT2D eigenvalue weighted by Gasteiger charge is 2.17. The minimum absolute atomic E-state index is 0.0692.